The van der Waals surface area contributed by atoms with Crippen LogP contribution < -0.4 is 10.6 Å². The molecule has 5 rings (SSSR count). The lowest BCUT2D eigenvalue weighted by molar-refractivity contribution is -0.120. The number of hydrogen-bond acceptors (Lipinski definition) is 5. The summed E-state index contributed by atoms with van der Waals surface area (Å²) >= 11 is 0. The molecule has 0 bridgehead atoms. The van der Waals surface area contributed by atoms with Gasteiger partial charge >= 0.3 is 0 Å². The fourth-order valence-electron chi connectivity index (χ4n) is 5.53. The third-order valence-electron chi connectivity index (χ3n) is 7.65. The van der Waals surface area contributed by atoms with Crippen molar-refractivity contribution in [3.63, 3.8) is 0 Å². The number of fused-ring (bicyclic) bond motifs is 1. The number of hydrogen-bond donors (Lipinski definition) is 2. The van der Waals surface area contributed by atoms with Crippen molar-refractivity contribution in [3.05, 3.63) is 82.9 Å². The first kappa shape index (κ1) is 26.3. The molecule has 4 aromatic rings. The summed E-state index contributed by atoms with van der Waals surface area (Å²) in [6.45, 7) is 3.31. The van der Waals surface area contributed by atoms with E-state index in [9.17, 15) is 14.5 Å². The molecule has 2 heterocycles. The zero-order valence-electron chi connectivity index (χ0n) is 22.5. The van der Waals surface area contributed by atoms with Gasteiger partial charge in [-0.15, -0.1) is 4.91 Å². The smallest absolute Gasteiger partial charge is 0.252 e. The average molecular weight is 524 g/mol. The van der Waals surface area contributed by atoms with Gasteiger partial charge in [0.15, 0.2) is 0 Å². The van der Waals surface area contributed by atoms with Crippen LogP contribution in [0.1, 0.15) is 67.8 Å². The number of benzene rings is 2. The molecule has 0 unspecified atom stereocenters. The first-order valence-electron chi connectivity index (χ1n) is 13.4. The van der Waals surface area contributed by atoms with Gasteiger partial charge in [-0.3, -0.25) is 14.6 Å². The summed E-state index contributed by atoms with van der Waals surface area (Å²) in [5.41, 5.74) is 4.39. The van der Waals surface area contributed by atoms with Gasteiger partial charge in [0, 0.05) is 35.4 Å². The highest BCUT2D eigenvalue weighted by atomic mass is 16.3. The number of rotatable bonds is 7. The Morgan fingerprint density at radius 1 is 1.00 bits per heavy atom. The number of carbonyl (C=O) groups excluding carboxylic acids is 2. The van der Waals surface area contributed by atoms with Crippen LogP contribution in [0.25, 0.3) is 22.3 Å². The predicted octanol–water partition coefficient (Wildman–Crippen LogP) is 6.83. The molecular weight excluding hydrogens is 490 g/mol. The highest BCUT2D eigenvalue weighted by Crippen LogP contribution is 2.43. The lowest BCUT2D eigenvalue weighted by Gasteiger charge is -2.25. The van der Waals surface area contributed by atoms with Crippen LogP contribution in [-0.4, -0.2) is 26.9 Å². The van der Waals surface area contributed by atoms with Crippen LogP contribution >= 0.6 is 0 Å². The maximum Gasteiger partial charge on any atom is 0.252 e. The van der Waals surface area contributed by atoms with Crippen LogP contribution in [0.3, 0.4) is 0 Å². The third kappa shape index (κ3) is 5.32. The summed E-state index contributed by atoms with van der Waals surface area (Å²) in [5.74, 6) is -0.255. The van der Waals surface area contributed by atoms with Gasteiger partial charge in [-0.05, 0) is 91.9 Å². The molecule has 0 spiro atoms. The van der Waals surface area contributed by atoms with E-state index < -0.39 is 5.54 Å². The largest absolute Gasteiger partial charge is 0.342 e. The van der Waals surface area contributed by atoms with Crippen LogP contribution in [0.5, 0.6) is 0 Å². The van der Waals surface area contributed by atoms with Crippen molar-refractivity contribution in [2.45, 2.75) is 57.4 Å². The Labute approximate surface area is 227 Å². The SMILES string of the molecule is Cn1c(-c2ccccn2)c(C2CCCCC2)c2ccc(C(=O)NC(C)(C)C(=O)Nc3ccc(N=O)cc3)cc21. The fraction of sp³-hybridized carbons (Fsp3) is 0.323. The lowest BCUT2D eigenvalue weighted by atomic mass is 9.82. The first-order chi connectivity index (χ1) is 18.8. The molecule has 0 saturated heterocycles. The zero-order chi connectivity index (χ0) is 27.6. The normalized spacial score (nSPS) is 14.2. The van der Waals surface area contributed by atoms with Gasteiger partial charge < -0.3 is 15.2 Å². The molecule has 0 radical (unpaired) electrons. The van der Waals surface area contributed by atoms with E-state index in [0.717, 1.165) is 35.1 Å². The van der Waals surface area contributed by atoms with E-state index in [0.29, 0.717) is 17.2 Å². The second-order valence-electron chi connectivity index (χ2n) is 10.8. The molecule has 2 aromatic heterocycles. The maximum atomic E-state index is 13.4. The van der Waals surface area contributed by atoms with E-state index in [1.54, 1.807) is 26.0 Å². The second kappa shape index (κ2) is 10.8. The number of nitrogens with zero attached hydrogens (tertiary/aromatic N) is 3. The van der Waals surface area contributed by atoms with Crippen molar-refractivity contribution < 1.29 is 9.59 Å². The Balaban J connectivity index is 1.44. The van der Waals surface area contributed by atoms with Gasteiger partial charge in [0.05, 0.1) is 11.4 Å². The fourth-order valence-corrected chi connectivity index (χ4v) is 5.53. The van der Waals surface area contributed by atoms with Crippen LogP contribution in [0.15, 0.2) is 72.0 Å². The summed E-state index contributed by atoms with van der Waals surface area (Å²) in [7, 11) is 2.03. The second-order valence-corrected chi connectivity index (χ2v) is 10.8. The summed E-state index contributed by atoms with van der Waals surface area (Å²) in [6, 6.07) is 18.0. The van der Waals surface area contributed by atoms with E-state index in [4.69, 9.17) is 0 Å². The Bertz CT molecular complexity index is 1520. The van der Waals surface area contributed by atoms with E-state index in [1.807, 2.05) is 49.6 Å². The Morgan fingerprint density at radius 3 is 2.41 bits per heavy atom. The number of aromatic nitrogens is 2. The minimum absolute atomic E-state index is 0.273. The molecule has 1 saturated carbocycles. The maximum absolute atomic E-state index is 13.4. The number of nitroso groups, excluding NO2 is 1. The Morgan fingerprint density at radius 2 is 1.74 bits per heavy atom. The van der Waals surface area contributed by atoms with Gasteiger partial charge in [0.25, 0.3) is 5.91 Å². The number of amides is 2. The quantitative estimate of drug-likeness (QED) is 0.259. The molecule has 8 nitrogen and oxygen atoms in total. The highest BCUT2D eigenvalue weighted by molar-refractivity contribution is 6.05. The summed E-state index contributed by atoms with van der Waals surface area (Å²) in [5, 5.41) is 9.67. The van der Waals surface area contributed by atoms with Crippen LogP contribution in [0.2, 0.25) is 0 Å². The summed E-state index contributed by atoms with van der Waals surface area (Å²) < 4.78 is 2.15. The van der Waals surface area contributed by atoms with Crippen molar-refractivity contribution in [3.8, 4) is 11.4 Å². The molecule has 1 aliphatic rings. The number of anilines is 1. The van der Waals surface area contributed by atoms with Crippen molar-refractivity contribution in [1.29, 1.82) is 0 Å². The minimum atomic E-state index is -1.19. The Hall–Kier alpha value is -4.33. The van der Waals surface area contributed by atoms with E-state index in [2.05, 4.69) is 25.4 Å². The minimum Gasteiger partial charge on any atom is -0.342 e. The van der Waals surface area contributed by atoms with Crippen molar-refractivity contribution in [2.24, 2.45) is 12.2 Å². The first-order valence-corrected chi connectivity index (χ1v) is 13.4. The molecule has 2 N–H and O–H groups in total. The standard InChI is InChI=1S/C31H33N5O3/c1-31(2,30(38)33-22-13-15-23(35-39)16-14-22)34-29(37)21-12-17-24-26(19-21)36(3)28(25-11-7-8-18-32-25)27(24)20-9-5-4-6-10-20/h7-8,11-20H,4-6,9-10H2,1-3H3,(H,33,38)(H,34,37). The highest BCUT2D eigenvalue weighted by Gasteiger charge is 2.31. The monoisotopic (exact) mass is 523 g/mol. The van der Waals surface area contributed by atoms with Gasteiger partial charge in [-0.1, -0.05) is 31.4 Å². The molecule has 1 fully saturated rings. The lowest BCUT2D eigenvalue weighted by Crippen LogP contribution is -2.52. The van der Waals surface area contributed by atoms with E-state index in [1.165, 1.54) is 37.0 Å². The van der Waals surface area contributed by atoms with E-state index >= 15 is 0 Å². The number of nitrogens with one attached hydrogen (secondary N) is 2. The third-order valence-corrected chi connectivity index (χ3v) is 7.65. The number of aryl methyl sites for hydroxylation is 1. The predicted molar refractivity (Wildman–Crippen MR) is 154 cm³/mol. The molecule has 2 amide bonds. The van der Waals surface area contributed by atoms with Crippen molar-refractivity contribution >= 4 is 34.1 Å². The molecule has 0 atom stereocenters. The van der Waals surface area contributed by atoms with Gasteiger partial charge in [0.1, 0.15) is 11.2 Å². The van der Waals surface area contributed by atoms with Crippen LogP contribution in [0.4, 0.5) is 11.4 Å². The van der Waals surface area contributed by atoms with Crippen molar-refractivity contribution in [1.82, 2.24) is 14.9 Å². The number of pyridine rings is 1. The van der Waals surface area contributed by atoms with E-state index in [-0.39, 0.29) is 17.5 Å². The number of carbonyl (C=O) groups is 2. The molecule has 39 heavy (non-hydrogen) atoms. The van der Waals surface area contributed by atoms with Gasteiger partial charge in [-0.25, -0.2) is 0 Å². The summed E-state index contributed by atoms with van der Waals surface area (Å²) in [4.78, 5) is 41.6. The molecular formula is C31H33N5O3. The molecule has 0 aliphatic heterocycles. The topological polar surface area (TPSA) is 105 Å². The summed E-state index contributed by atoms with van der Waals surface area (Å²) in [6.07, 6.45) is 7.83. The molecule has 8 heteroatoms. The molecule has 200 valence electrons. The molecule has 2 aromatic carbocycles. The molecule has 1 aliphatic carbocycles. The van der Waals surface area contributed by atoms with Crippen LogP contribution in [0, 0.1) is 4.91 Å². The Kier molecular flexibility index (Phi) is 7.28. The zero-order valence-corrected chi connectivity index (χ0v) is 22.5. The van der Waals surface area contributed by atoms with Crippen molar-refractivity contribution in [2.75, 3.05) is 5.32 Å². The van der Waals surface area contributed by atoms with Crippen LogP contribution in [-0.2, 0) is 11.8 Å². The van der Waals surface area contributed by atoms with Gasteiger partial charge in [0.2, 0.25) is 5.91 Å². The van der Waals surface area contributed by atoms with Gasteiger partial charge in [-0.2, -0.15) is 0 Å². The average Bonchev–Trinajstić information content (AvgIpc) is 3.25.